The van der Waals surface area contributed by atoms with Gasteiger partial charge in [0.2, 0.25) is 0 Å². The lowest BCUT2D eigenvalue weighted by Crippen LogP contribution is -2.44. The zero-order chi connectivity index (χ0) is 20.4. The van der Waals surface area contributed by atoms with Gasteiger partial charge in [0.15, 0.2) is 0 Å². The zero-order valence-electron chi connectivity index (χ0n) is 17.7. The van der Waals surface area contributed by atoms with Crippen molar-refractivity contribution in [2.45, 2.75) is 45.8 Å². The van der Waals surface area contributed by atoms with Crippen LogP contribution in [0.15, 0.2) is 42.5 Å². The molecular formula is C22H31NO3Si. The van der Waals surface area contributed by atoms with E-state index < -0.39 is 14.3 Å². The van der Waals surface area contributed by atoms with E-state index in [1.54, 1.807) is 12.1 Å². The summed E-state index contributed by atoms with van der Waals surface area (Å²) in [5.41, 5.74) is 2.32. The number of esters is 1. The molecule has 0 aromatic heterocycles. The van der Waals surface area contributed by atoms with Gasteiger partial charge in [-0.3, -0.25) is 0 Å². The average Bonchev–Trinajstić information content (AvgIpc) is 2.54. The van der Waals surface area contributed by atoms with Crippen LogP contribution in [0.3, 0.4) is 0 Å². The van der Waals surface area contributed by atoms with E-state index >= 15 is 0 Å². The highest BCUT2D eigenvalue weighted by Gasteiger charge is 2.40. The van der Waals surface area contributed by atoms with E-state index in [-0.39, 0.29) is 5.04 Å². The molecule has 0 spiro atoms. The molecule has 0 heterocycles. The number of rotatable bonds is 5. The summed E-state index contributed by atoms with van der Waals surface area (Å²) < 4.78 is 12.1. The Balaban J connectivity index is 2.51. The molecule has 0 bridgehead atoms. The monoisotopic (exact) mass is 385 g/mol. The van der Waals surface area contributed by atoms with Gasteiger partial charge in [0.05, 0.1) is 0 Å². The molecule has 4 nitrogen and oxygen atoms in total. The molecule has 5 heteroatoms. The van der Waals surface area contributed by atoms with Crippen molar-refractivity contribution in [2.24, 2.45) is 0 Å². The summed E-state index contributed by atoms with van der Waals surface area (Å²) in [6.45, 7) is 12.8. The topological polar surface area (TPSA) is 38.8 Å². The van der Waals surface area contributed by atoms with Crippen LogP contribution in [-0.4, -0.2) is 28.4 Å². The van der Waals surface area contributed by atoms with Gasteiger partial charge >= 0.3 is 5.97 Å². The summed E-state index contributed by atoms with van der Waals surface area (Å²) in [6.07, 6.45) is 0. The molecule has 0 atom stereocenters. The van der Waals surface area contributed by atoms with Gasteiger partial charge < -0.3 is 14.1 Å². The van der Waals surface area contributed by atoms with Crippen molar-refractivity contribution in [3.8, 4) is 11.5 Å². The molecule has 27 heavy (non-hydrogen) atoms. The predicted octanol–water partition coefficient (Wildman–Crippen LogP) is 5.66. The Morgan fingerprint density at radius 1 is 1.00 bits per heavy atom. The summed E-state index contributed by atoms with van der Waals surface area (Å²) in [7, 11) is 1.82. The number of hydrogen-bond acceptors (Lipinski definition) is 4. The predicted molar refractivity (Wildman–Crippen MR) is 115 cm³/mol. The smallest absolute Gasteiger partial charge is 0.347 e. The molecule has 0 unspecified atom stereocenters. The first kappa shape index (κ1) is 21.0. The molecule has 0 saturated heterocycles. The van der Waals surface area contributed by atoms with Crippen molar-refractivity contribution in [1.82, 2.24) is 0 Å². The molecule has 2 rings (SSSR count). The lowest BCUT2D eigenvalue weighted by atomic mass is 10.0. The summed E-state index contributed by atoms with van der Waals surface area (Å²) in [6, 6.07) is 13.0. The minimum absolute atomic E-state index is 0.0295. The Hall–Kier alpha value is -2.27. The molecule has 0 fully saturated rings. The summed E-state index contributed by atoms with van der Waals surface area (Å²) in [5.74, 6) is 0.733. The van der Waals surface area contributed by atoms with Crippen LogP contribution in [-0.2, 0) is 0 Å². The minimum Gasteiger partial charge on any atom is -0.543 e. The maximum absolute atomic E-state index is 13.1. The fourth-order valence-electron chi connectivity index (χ4n) is 2.57. The Morgan fingerprint density at radius 2 is 1.59 bits per heavy atom. The van der Waals surface area contributed by atoms with Gasteiger partial charge in [0.1, 0.15) is 17.1 Å². The molecular weight excluding hydrogens is 354 g/mol. The maximum atomic E-state index is 13.1. The first-order valence-electron chi connectivity index (χ1n) is 9.21. The van der Waals surface area contributed by atoms with Gasteiger partial charge in [-0.15, -0.1) is 0 Å². The zero-order valence-corrected chi connectivity index (χ0v) is 18.7. The van der Waals surface area contributed by atoms with Gasteiger partial charge in [-0.25, -0.2) is 4.79 Å². The maximum Gasteiger partial charge on any atom is 0.347 e. The number of nitrogens with zero attached hydrogens (tertiary/aromatic N) is 1. The third-order valence-electron chi connectivity index (χ3n) is 5.21. The highest BCUT2D eigenvalue weighted by molar-refractivity contribution is 6.74. The lowest BCUT2D eigenvalue weighted by Gasteiger charge is -2.37. The van der Waals surface area contributed by atoms with E-state index in [4.69, 9.17) is 9.16 Å². The van der Waals surface area contributed by atoms with Crippen LogP contribution >= 0.6 is 0 Å². The molecule has 0 saturated carbocycles. The molecule has 2 aromatic carbocycles. The summed E-state index contributed by atoms with van der Waals surface area (Å²) >= 11 is 0. The summed E-state index contributed by atoms with van der Waals surface area (Å²) in [4.78, 5) is 15.1. The second kappa shape index (κ2) is 7.77. The van der Waals surface area contributed by atoms with Gasteiger partial charge in [0, 0.05) is 19.8 Å². The van der Waals surface area contributed by atoms with Crippen molar-refractivity contribution < 1.29 is 14.0 Å². The fraction of sp³-hybridized carbons (Fsp3) is 0.409. The summed E-state index contributed by atoms with van der Waals surface area (Å²) in [5, 5.41) is 0.0295. The van der Waals surface area contributed by atoms with Crippen LogP contribution < -0.4 is 14.1 Å². The van der Waals surface area contributed by atoms with Gasteiger partial charge in [-0.2, -0.15) is 0 Å². The fourth-order valence-corrected chi connectivity index (χ4v) is 3.60. The first-order valence-corrected chi connectivity index (χ1v) is 12.1. The normalized spacial score (nSPS) is 11.9. The molecule has 0 aliphatic carbocycles. The molecule has 0 aliphatic rings. The molecule has 0 aliphatic heterocycles. The molecule has 0 amide bonds. The number of carbonyl (C=O) groups excluding carboxylic acids is 1. The van der Waals surface area contributed by atoms with E-state index in [0.717, 1.165) is 11.3 Å². The minimum atomic E-state index is -2.10. The highest BCUT2D eigenvalue weighted by Crippen LogP contribution is 2.40. The van der Waals surface area contributed by atoms with E-state index in [9.17, 15) is 4.79 Å². The third kappa shape index (κ3) is 4.72. The van der Waals surface area contributed by atoms with Crippen LogP contribution in [0, 0.1) is 6.92 Å². The third-order valence-corrected chi connectivity index (χ3v) is 9.55. The number of carbonyl (C=O) groups is 1. The lowest BCUT2D eigenvalue weighted by molar-refractivity contribution is 0.0732. The largest absolute Gasteiger partial charge is 0.543 e. The number of anilines is 1. The number of hydrogen-bond donors (Lipinski definition) is 0. The van der Waals surface area contributed by atoms with Crippen molar-refractivity contribution in [1.29, 1.82) is 0 Å². The average molecular weight is 386 g/mol. The Morgan fingerprint density at radius 3 is 2.11 bits per heavy atom. The molecule has 0 radical (unpaired) electrons. The van der Waals surface area contributed by atoms with Gasteiger partial charge in [-0.05, 0) is 54.9 Å². The second-order valence-electron chi connectivity index (χ2n) is 8.54. The number of benzene rings is 2. The van der Waals surface area contributed by atoms with E-state index in [1.165, 1.54) is 0 Å². The Labute approximate surface area is 164 Å². The standard InChI is InChI=1S/C22H31NO3Si/c1-16-18(23(5)6)14-15-19(26-27(7,8)22(2,3)4)20(16)21(24)25-17-12-10-9-11-13-17/h9-15H,1-8H3. The number of ether oxygens (including phenoxy) is 1. The quantitative estimate of drug-likeness (QED) is 0.378. The van der Waals surface area contributed by atoms with Crippen LogP contribution in [0.4, 0.5) is 5.69 Å². The van der Waals surface area contributed by atoms with Crippen molar-refractivity contribution in [3.63, 3.8) is 0 Å². The van der Waals surface area contributed by atoms with Crippen molar-refractivity contribution in [2.75, 3.05) is 19.0 Å². The Bertz CT molecular complexity index is 808. The molecule has 0 N–H and O–H groups in total. The van der Waals surface area contributed by atoms with Crippen LogP contribution in [0.2, 0.25) is 18.1 Å². The molecule has 2 aromatic rings. The van der Waals surface area contributed by atoms with E-state index in [2.05, 4.69) is 33.9 Å². The van der Waals surface area contributed by atoms with Crippen LogP contribution in [0.5, 0.6) is 11.5 Å². The Kier molecular flexibility index (Phi) is 6.05. The van der Waals surface area contributed by atoms with Crippen molar-refractivity contribution >= 4 is 20.0 Å². The molecule has 146 valence electrons. The number of para-hydroxylation sites is 1. The van der Waals surface area contributed by atoms with Crippen LogP contribution in [0.25, 0.3) is 0 Å². The van der Waals surface area contributed by atoms with Gasteiger partial charge in [0.25, 0.3) is 8.32 Å². The second-order valence-corrected chi connectivity index (χ2v) is 13.3. The van der Waals surface area contributed by atoms with Crippen molar-refractivity contribution in [3.05, 3.63) is 53.6 Å². The SMILES string of the molecule is Cc1c(N(C)C)ccc(O[Si](C)(C)C(C)(C)C)c1C(=O)Oc1ccccc1. The van der Waals surface area contributed by atoms with Crippen LogP contribution in [0.1, 0.15) is 36.7 Å². The first-order chi connectivity index (χ1) is 12.4. The van der Waals surface area contributed by atoms with E-state index in [1.807, 2.05) is 56.3 Å². The highest BCUT2D eigenvalue weighted by atomic mass is 28.4. The van der Waals surface area contributed by atoms with E-state index in [0.29, 0.717) is 17.1 Å². The van der Waals surface area contributed by atoms with Gasteiger partial charge in [-0.1, -0.05) is 39.0 Å².